The molecule has 6 heteroatoms. The van der Waals surface area contributed by atoms with E-state index in [0.717, 1.165) is 0 Å². The maximum atomic E-state index is 12.3. The highest BCUT2D eigenvalue weighted by Crippen LogP contribution is 2.18. The molecule has 0 spiro atoms. The van der Waals surface area contributed by atoms with Crippen LogP contribution in [0.15, 0.2) is 18.3 Å². The number of piperidine rings is 1. The number of hydrogen-bond acceptors (Lipinski definition) is 4. The summed E-state index contributed by atoms with van der Waals surface area (Å²) in [5.74, 6) is 4.65. The van der Waals surface area contributed by atoms with E-state index in [0.29, 0.717) is 37.2 Å². The van der Waals surface area contributed by atoms with Crippen molar-refractivity contribution in [2.24, 2.45) is 11.7 Å². The Kier molecular flexibility index (Phi) is 4.90. The summed E-state index contributed by atoms with van der Waals surface area (Å²) in [5.41, 5.74) is 6.27. The van der Waals surface area contributed by atoms with Crippen LogP contribution in [0.2, 0.25) is 0 Å². The normalized spacial score (nSPS) is 15.2. The average molecular weight is 287 g/mol. The number of aliphatic hydroxyl groups is 1. The molecular formula is C15H17N3O3. The molecule has 21 heavy (non-hydrogen) atoms. The largest absolute Gasteiger partial charge is 0.384 e. The monoisotopic (exact) mass is 287 g/mol. The van der Waals surface area contributed by atoms with Crippen LogP contribution in [0, 0.1) is 17.8 Å². The fourth-order valence-corrected chi connectivity index (χ4v) is 2.26. The molecule has 0 aromatic carbocycles. The number of likely N-dealkylation sites (tertiary alicyclic amines) is 1. The van der Waals surface area contributed by atoms with E-state index in [1.165, 1.54) is 6.20 Å². The minimum absolute atomic E-state index is 0.141. The molecule has 1 saturated heterocycles. The summed E-state index contributed by atoms with van der Waals surface area (Å²) >= 11 is 0. The van der Waals surface area contributed by atoms with Crippen molar-refractivity contribution < 1.29 is 14.7 Å². The third-order valence-corrected chi connectivity index (χ3v) is 3.48. The maximum Gasteiger partial charge on any atom is 0.272 e. The number of aromatic nitrogens is 1. The van der Waals surface area contributed by atoms with E-state index < -0.39 is 0 Å². The molecule has 1 fully saturated rings. The van der Waals surface area contributed by atoms with Crippen molar-refractivity contribution in [1.29, 1.82) is 0 Å². The van der Waals surface area contributed by atoms with Gasteiger partial charge in [0.2, 0.25) is 5.91 Å². The predicted octanol–water partition coefficient (Wildman–Crippen LogP) is -0.237. The Morgan fingerprint density at radius 2 is 2.10 bits per heavy atom. The van der Waals surface area contributed by atoms with Gasteiger partial charge in [-0.3, -0.25) is 9.59 Å². The van der Waals surface area contributed by atoms with Gasteiger partial charge in [0.1, 0.15) is 12.3 Å². The molecule has 2 amide bonds. The van der Waals surface area contributed by atoms with Crippen molar-refractivity contribution in [3.05, 3.63) is 29.6 Å². The number of rotatable bonds is 2. The van der Waals surface area contributed by atoms with E-state index >= 15 is 0 Å². The first-order chi connectivity index (χ1) is 10.1. The first kappa shape index (κ1) is 15.0. The highest BCUT2D eigenvalue weighted by Gasteiger charge is 2.26. The van der Waals surface area contributed by atoms with Crippen molar-refractivity contribution in [3.63, 3.8) is 0 Å². The van der Waals surface area contributed by atoms with Crippen LogP contribution < -0.4 is 5.73 Å². The molecule has 3 N–H and O–H groups in total. The van der Waals surface area contributed by atoms with E-state index in [2.05, 4.69) is 16.8 Å². The van der Waals surface area contributed by atoms with Gasteiger partial charge in [-0.2, -0.15) is 0 Å². The number of amides is 2. The van der Waals surface area contributed by atoms with Crippen molar-refractivity contribution in [3.8, 4) is 11.8 Å². The zero-order chi connectivity index (χ0) is 15.2. The predicted molar refractivity (Wildman–Crippen MR) is 76.0 cm³/mol. The quantitative estimate of drug-likeness (QED) is 0.734. The van der Waals surface area contributed by atoms with Crippen LogP contribution in [0.5, 0.6) is 0 Å². The minimum Gasteiger partial charge on any atom is -0.384 e. The van der Waals surface area contributed by atoms with Crippen LogP contribution in [-0.2, 0) is 4.79 Å². The van der Waals surface area contributed by atoms with Gasteiger partial charge in [-0.25, -0.2) is 4.98 Å². The first-order valence-corrected chi connectivity index (χ1v) is 6.76. The van der Waals surface area contributed by atoms with Crippen molar-refractivity contribution >= 4 is 11.8 Å². The zero-order valence-corrected chi connectivity index (χ0v) is 11.6. The Bertz CT molecular complexity index is 578. The summed E-state index contributed by atoms with van der Waals surface area (Å²) in [6.45, 7) is 0.815. The second-order valence-electron chi connectivity index (χ2n) is 4.86. The number of nitrogens with two attached hydrogens (primary N) is 1. The minimum atomic E-state index is -0.299. The summed E-state index contributed by atoms with van der Waals surface area (Å²) in [4.78, 5) is 29.1. The van der Waals surface area contributed by atoms with Gasteiger partial charge >= 0.3 is 0 Å². The third-order valence-electron chi connectivity index (χ3n) is 3.48. The standard InChI is InChI=1S/C15H17N3O3/c16-14(20)12-5-7-18(8-6-12)15(21)13-4-3-11(10-17-13)2-1-9-19/h3-4,10,12,19H,5-9H2,(H2,16,20). The molecule has 0 aliphatic carbocycles. The lowest BCUT2D eigenvalue weighted by Crippen LogP contribution is -2.42. The van der Waals surface area contributed by atoms with Gasteiger partial charge in [-0.15, -0.1) is 0 Å². The lowest BCUT2D eigenvalue weighted by Gasteiger charge is -2.30. The molecular weight excluding hydrogens is 270 g/mol. The molecule has 110 valence electrons. The topological polar surface area (TPSA) is 96.5 Å². The number of hydrogen-bond donors (Lipinski definition) is 2. The lowest BCUT2D eigenvalue weighted by atomic mass is 9.96. The van der Waals surface area contributed by atoms with E-state index in [1.807, 2.05) is 0 Å². The average Bonchev–Trinajstić information content (AvgIpc) is 2.53. The van der Waals surface area contributed by atoms with Crippen LogP contribution >= 0.6 is 0 Å². The first-order valence-electron chi connectivity index (χ1n) is 6.76. The second-order valence-corrected chi connectivity index (χ2v) is 4.86. The smallest absolute Gasteiger partial charge is 0.272 e. The Morgan fingerprint density at radius 1 is 1.38 bits per heavy atom. The number of carbonyl (C=O) groups excluding carboxylic acids is 2. The van der Waals surface area contributed by atoms with Crippen LogP contribution in [0.1, 0.15) is 28.9 Å². The molecule has 1 aliphatic heterocycles. The summed E-state index contributed by atoms with van der Waals surface area (Å²) in [6, 6.07) is 3.31. The van der Waals surface area contributed by atoms with Crippen LogP contribution in [-0.4, -0.2) is 46.5 Å². The van der Waals surface area contributed by atoms with Gasteiger partial charge in [-0.1, -0.05) is 11.8 Å². The molecule has 0 saturated carbocycles. The van der Waals surface area contributed by atoms with Gasteiger partial charge in [0.05, 0.1) is 0 Å². The van der Waals surface area contributed by atoms with E-state index in [-0.39, 0.29) is 24.3 Å². The lowest BCUT2D eigenvalue weighted by molar-refractivity contribution is -0.123. The van der Waals surface area contributed by atoms with E-state index in [1.54, 1.807) is 17.0 Å². The molecule has 2 rings (SSSR count). The number of carbonyl (C=O) groups is 2. The summed E-state index contributed by atoms with van der Waals surface area (Å²) < 4.78 is 0. The Balaban J connectivity index is 1.99. The molecule has 0 unspecified atom stereocenters. The Labute approximate surface area is 123 Å². The van der Waals surface area contributed by atoms with Crippen LogP contribution in [0.25, 0.3) is 0 Å². The molecule has 0 radical (unpaired) electrons. The van der Waals surface area contributed by atoms with Gasteiger partial charge in [0, 0.05) is 30.8 Å². The van der Waals surface area contributed by atoms with E-state index in [9.17, 15) is 9.59 Å². The fraction of sp³-hybridized carbons (Fsp3) is 0.400. The van der Waals surface area contributed by atoms with Gasteiger partial charge in [0.15, 0.2) is 0 Å². The van der Waals surface area contributed by atoms with Crippen molar-refractivity contribution in [1.82, 2.24) is 9.88 Å². The molecule has 2 heterocycles. The molecule has 6 nitrogen and oxygen atoms in total. The Hall–Kier alpha value is -2.39. The highest BCUT2D eigenvalue weighted by atomic mass is 16.2. The van der Waals surface area contributed by atoms with Gasteiger partial charge in [0.25, 0.3) is 5.91 Å². The third kappa shape index (κ3) is 3.80. The van der Waals surface area contributed by atoms with E-state index in [4.69, 9.17) is 10.8 Å². The fourth-order valence-electron chi connectivity index (χ4n) is 2.26. The van der Waals surface area contributed by atoms with Crippen LogP contribution in [0.4, 0.5) is 0 Å². The van der Waals surface area contributed by atoms with Crippen molar-refractivity contribution in [2.45, 2.75) is 12.8 Å². The molecule has 1 aromatic heterocycles. The molecule has 1 aromatic rings. The number of nitrogens with zero attached hydrogens (tertiary/aromatic N) is 2. The second kappa shape index (κ2) is 6.86. The van der Waals surface area contributed by atoms with Crippen LogP contribution in [0.3, 0.4) is 0 Å². The SMILES string of the molecule is NC(=O)C1CCN(C(=O)c2ccc(C#CCO)cn2)CC1. The van der Waals surface area contributed by atoms with Gasteiger partial charge < -0.3 is 15.7 Å². The zero-order valence-electron chi connectivity index (χ0n) is 11.6. The molecule has 1 aliphatic rings. The van der Waals surface area contributed by atoms with Gasteiger partial charge in [-0.05, 0) is 25.0 Å². The number of primary amides is 1. The highest BCUT2D eigenvalue weighted by molar-refractivity contribution is 5.92. The molecule has 0 bridgehead atoms. The summed E-state index contributed by atoms with van der Waals surface area (Å²) in [7, 11) is 0. The summed E-state index contributed by atoms with van der Waals surface area (Å²) in [6.07, 6.45) is 2.70. The number of aliphatic hydroxyl groups excluding tert-OH is 1. The summed E-state index contributed by atoms with van der Waals surface area (Å²) in [5, 5.41) is 8.61. The molecule has 0 atom stereocenters. The Morgan fingerprint density at radius 3 is 2.62 bits per heavy atom. The number of pyridine rings is 1. The van der Waals surface area contributed by atoms with Crippen molar-refractivity contribution in [2.75, 3.05) is 19.7 Å². The maximum absolute atomic E-state index is 12.3.